The highest BCUT2D eigenvalue weighted by Crippen LogP contribution is 2.15. The molecule has 2 aromatic rings. The molecule has 3 nitrogen and oxygen atoms in total. The van der Waals surface area contributed by atoms with E-state index in [0.717, 1.165) is 11.1 Å². The van der Waals surface area contributed by atoms with Crippen LogP contribution in [0, 0.1) is 5.82 Å². The minimum atomic E-state index is -0.368. The molecule has 0 bridgehead atoms. The summed E-state index contributed by atoms with van der Waals surface area (Å²) in [6.07, 6.45) is 0.227. The van der Waals surface area contributed by atoms with Crippen molar-refractivity contribution in [2.75, 3.05) is 11.9 Å². The summed E-state index contributed by atoms with van der Waals surface area (Å²) in [5.41, 5.74) is 7.67. The lowest BCUT2D eigenvalue weighted by atomic mass is 10.1. The van der Waals surface area contributed by atoms with E-state index >= 15 is 0 Å². The number of thiocarbonyl (C=S) groups is 1. The standard InChI is InChI=1S/C16H15FN2OS/c1-19(14-4-2-3-13(17)10-14)15(20)9-11-5-7-12(8-6-11)16(18)21/h2-8,10H,9H2,1H3,(H2,18,21). The van der Waals surface area contributed by atoms with Crippen molar-refractivity contribution in [1.29, 1.82) is 0 Å². The van der Waals surface area contributed by atoms with E-state index < -0.39 is 0 Å². The Hall–Kier alpha value is -2.27. The Morgan fingerprint density at radius 2 is 1.90 bits per heavy atom. The maximum absolute atomic E-state index is 13.2. The summed E-state index contributed by atoms with van der Waals surface area (Å²) in [6.45, 7) is 0. The number of nitrogens with two attached hydrogens (primary N) is 1. The van der Waals surface area contributed by atoms with Crippen LogP contribution >= 0.6 is 12.2 Å². The van der Waals surface area contributed by atoms with Crippen LogP contribution in [0.4, 0.5) is 10.1 Å². The molecule has 0 aromatic heterocycles. The molecule has 0 aliphatic rings. The first-order chi connectivity index (χ1) is 9.97. The lowest BCUT2D eigenvalue weighted by Crippen LogP contribution is -2.27. The van der Waals surface area contributed by atoms with Gasteiger partial charge in [-0.05, 0) is 23.8 Å². The van der Waals surface area contributed by atoms with Gasteiger partial charge in [0.1, 0.15) is 10.8 Å². The highest BCUT2D eigenvalue weighted by Gasteiger charge is 2.12. The number of halogens is 1. The summed E-state index contributed by atoms with van der Waals surface area (Å²) in [4.78, 5) is 14.0. The molecule has 108 valence electrons. The van der Waals surface area contributed by atoms with Crippen LogP contribution in [0.5, 0.6) is 0 Å². The zero-order valence-electron chi connectivity index (χ0n) is 11.5. The van der Waals surface area contributed by atoms with Gasteiger partial charge in [-0.2, -0.15) is 0 Å². The smallest absolute Gasteiger partial charge is 0.231 e. The number of nitrogens with zero attached hydrogens (tertiary/aromatic N) is 1. The Labute approximate surface area is 128 Å². The summed E-state index contributed by atoms with van der Waals surface area (Å²) in [7, 11) is 1.63. The lowest BCUT2D eigenvalue weighted by molar-refractivity contribution is -0.117. The number of carbonyl (C=O) groups is 1. The van der Waals surface area contributed by atoms with Crippen molar-refractivity contribution >= 4 is 28.8 Å². The van der Waals surface area contributed by atoms with E-state index in [0.29, 0.717) is 10.7 Å². The maximum Gasteiger partial charge on any atom is 0.231 e. The second-order valence-corrected chi connectivity index (χ2v) is 5.11. The first kappa shape index (κ1) is 15.1. The lowest BCUT2D eigenvalue weighted by Gasteiger charge is -2.17. The molecule has 0 unspecified atom stereocenters. The Bertz CT molecular complexity index is 670. The number of rotatable bonds is 4. The predicted octanol–water partition coefficient (Wildman–Crippen LogP) is 2.67. The Morgan fingerprint density at radius 1 is 1.24 bits per heavy atom. The third kappa shape index (κ3) is 3.86. The largest absolute Gasteiger partial charge is 0.389 e. The van der Waals surface area contributed by atoms with Crippen LogP contribution in [0.2, 0.25) is 0 Å². The van der Waals surface area contributed by atoms with Gasteiger partial charge in [0, 0.05) is 18.3 Å². The Morgan fingerprint density at radius 3 is 2.48 bits per heavy atom. The third-order valence-corrected chi connectivity index (χ3v) is 3.40. The highest BCUT2D eigenvalue weighted by atomic mass is 32.1. The van der Waals surface area contributed by atoms with Crippen molar-refractivity contribution in [1.82, 2.24) is 0 Å². The zero-order chi connectivity index (χ0) is 15.4. The summed E-state index contributed by atoms with van der Waals surface area (Å²) in [6, 6.07) is 13.1. The van der Waals surface area contributed by atoms with Crippen molar-refractivity contribution in [2.24, 2.45) is 5.73 Å². The van der Waals surface area contributed by atoms with Gasteiger partial charge in [-0.3, -0.25) is 4.79 Å². The van der Waals surface area contributed by atoms with Gasteiger partial charge in [0.25, 0.3) is 0 Å². The van der Waals surface area contributed by atoms with Crippen LogP contribution in [0.3, 0.4) is 0 Å². The molecule has 0 spiro atoms. The second kappa shape index (κ2) is 6.45. The Kier molecular flexibility index (Phi) is 4.65. The fraction of sp³-hybridized carbons (Fsp3) is 0.125. The molecule has 21 heavy (non-hydrogen) atoms. The minimum Gasteiger partial charge on any atom is -0.389 e. The van der Waals surface area contributed by atoms with Crippen LogP contribution in [0.1, 0.15) is 11.1 Å². The molecule has 0 aliphatic carbocycles. The van der Waals surface area contributed by atoms with Gasteiger partial charge in [0.15, 0.2) is 0 Å². The number of hydrogen-bond acceptors (Lipinski definition) is 2. The van der Waals surface area contributed by atoms with Gasteiger partial charge >= 0.3 is 0 Å². The first-order valence-electron chi connectivity index (χ1n) is 6.38. The number of benzene rings is 2. The molecule has 2 rings (SSSR count). The van der Waals surface area contributed by atoms with Crippen molar-refractivity contribution in [3.8, 4) is 0 Å². The van der Waals surface area contributed by atoms with Gasteiger partial charge in [0.2, 0.25) is 5.91 Å². The number of amides is 1. The topological polar surface area (TPSA) is 46.3 Å². The molecule has 0 fully saturated rings. The summed E-state index contributed by atoms with van der Waals surface area (Å²) in [5, 5.41) is 0. The summed E-state index contributed by atoms with van der Waals surface area (Å²) >= 11 is 4.88. The molecule has 0 saturated carbocycles. The van der Waals surface area contributed by atoms with E-state index in [1.54, 1.807) is 31.3 Å². The fourth-order valence-electron chi connectivity index (χ4n) is 1.91. The summed E-state index contributed by atoms with van der Waals surface area (Å²) < 4.78 is 13.2. The molecule has 2 aromatic carbocycles. The normalized spacial score (nSPS) is 10.2. The average molecular weight is 302 g/mol. The van der Waals surface area contributed by atoms with E-state index in [1.165, 1.54) is 17.0 Å². The molecule has 0 saturated heterocycles. The second-order valence-electron chi connectivity index (χ2n) is 4.67. The molecular formula is C16H15FN2OS. The SMILES string of the molecule is CN(C(=O)Cc1ccc(C(N)=S)cc1)c1cccc(F)c1. The maximum atomic E-state index is 13.2. The van der Waals surface area contributed by atoms with E-state index in [4.69, 9.17) is 18.0 Å². The summed E-state index contributed by atoms with van der Waals surface area (Å²) in [5.74, 6) is -0.489. The first-order valence-corrected chi connectivity index (χ1v) is 6.79. The fourth-order valence-corrected chi connectivity index (χ4v) is 2.04. The van der Waals surface area contributed by atoms with Crippen LogP contribution in [-0.2, 0) is 11.2 Å². The van der Waals surface area contributed by atoms with Gasteiger partial charge < -0.3 is 10.6 Å². The molecule has 0 heterocycles. The van der Waals surface area contributed by atoms with E-state index in [9.17, 15) is 9.18 Å². The van der Waals surface area contributed by atoms with Crippen LogP contribution in [0.15, 0.2) is 48.5 Å². The highest BCUT2D eigenvalue weighted by molar-refractivity contribution is 7.80. The van der Waals surface area contributed by atoms with Gasteiger partial charge in [-0.25, -0.2) is 4.39 Å². The van der Waals surface area contributed by atoms with E-state index in [1.807, 2.05) is 12.1 Å². The van der Waals surface area contributed by atoms with E-state index in [-0.39, 0.29) is 18.1 Å². The average Bonchev–Trinajstić information content (AvgIpc) is 2.47. The molecule has 0 atom stereocenters. The van der Waals surface area contributed by atoms with Crippen LogP contribution < -0.4 is 10.6 Å². The van der Waals surface area contributed by atoms with E-state index in [2.05, 4.69) is 0 Å². The van der Waals surface area contributed by atoms with Crippen LogP contribution in [-0.4, -0.2) is 17.9 Å². The molecule has 0 radical (unpaired) electrons. The molecule has 2 N–H and O–H groups in total. The monoisotopic (exact) mass is 302 g/mol. The molecule has 0 aliphatic heterocycles. The molecule has 1 amide bonds. The number of anilines is 1. The number of carbonyl (C=O) groups excluding carboxylic acids is 1. The van der Waals surface area contributed by atoms with Gasteiger partial charge in [-0.15, -0.1) is 0 Å². The van der Waals surface area contributed by atoms with Gasteiger partial charge in [-0.1, -0.05) is 42.5 Å². The number of likely N-dealkylation sites (N-methyl/N-ethyl adjacent to an activating group) is 1. The molecule has 5 heteroatoms. The zero-order valence-corrected chi connectivity index (χ0v) is 12.4. The van der Waals surface area contributed by atoms with Crippen molar-refractivity contribution < 1.29 is 9.18 Å². The van der Waals surface area contributed by atoms with Gasteiger partial charge in [0.05, 0.1) is 6.42 Å². The molecular weight excluding hydrogens is 287 g/mol. The van der Waals surface area contributed by atoms with Crippen molar-refractivity contribution in [2.45, 2.75) is 6.42 Å². The minimum absolute atomic E-state index is 0.122. The Balaban J connectivity index is 2.08. The predicted molar refractivity (Wildman–Crippen MR) is 85.8 cm³/mol. The quantitative estimate of drug-likeness (QED) is 0.883. The van der Waals surface area contributed by atoms with Crippen molar-refractivity contribution in [3.63, 3.8) is 0 Å². The third-order valence-electron chi connectivity index (χ3n) is 3.16. The van der Waals surface area contributed by atoms with Crippen LogP contribution in [0.25, 0.3) is 0 Å². The van der Waals surface area contributed by atoms with Crippen molar-refractivity contribution in [3.05, 3.63) is 65.5 Å². The number of hydrogen-bond donors (Lipinski definition) is 1.